The normalized spacial score (nSPS) is 3.00. The van der Waals surface area contributed by atoms with Crippen LogP contribution in [-0.4, -0.2) is 91.8 Å². The molecule has 0 heterocycles. The van der Waals surface area contributed by atoms with Crippen LogP contribution in [0.2, 0.25) is 0 Å². The van der Waals surface area contributed by atoms with Crippen molar-refractivity contribution in [3.8, 4) is 0 Å². The van der Waals surface area contributed by atoms with Crippen molar-refractivity contribution in [1.29, 1.82) is 0 Å². The summed E-state index contributed by atoms with van der Waals surface area (Å²) in [6.45, 7) is 0. The maximum Gasteiger partial charge on any atom is 2.00 e. The number of hydrogen-bond acceptors (Lipinski definition) is 1. The predicted molar refractivity (Wildman–Crippen MR) is 41.1 cm³/mol. The van der Waals surface area contributed by atoms with Crippen molar-refractivity contribution in [2.45, 2.75) is 0 Å². The van der Waals surface area contributed by atoms with Crippen LogP contribution in [0.25, 0.3) is 0 Å². The van der Waals surface area contributed by atoms with Crippen LogP contribution < -0.4 is 0 Å². The first-order valence-electron chi connectivity index (χ1n) is 0.651. The van der Waals surface area contributed by atoms with Crippen LogP contribution in [0.3, 0.4) is 0 Å². The molecule has 0 fully saturated rings. The second-order valence-corrected chi connectivity index (χ2v) is 0.283. The molecule has 3 nitrogen and oxygen atoms in total. The summed E-state index contributed by atoms with van der Waals surface area (Å²) in [5.41, 5.74) is 0. The molecule has 0 amide bonds. The minimum Gasteiger partial charge on any atom is -1.00 e. The Bertz CT molecular complexity index is 49.3. The Morgan fingerprint density at radius 3 is 1.12 bits per heavy atom. The molecule has 0 rings (SSSR count). The fourth-order valence-electron chi connectivity index (χ4n) is 0. The molecule has 0 aliphatic heterocycles. The maximum atomic E-state index is 8.56. The zero-order valence-corrected chi connectivity index (χ0v) is 10.1. The van der Waals surface area contributed by atoms with Crippen molar-refractivity contribution in [3.63, 3.8) is 0 Å². The van der Waals surface area contributed by atoms with E-state index in [4.69, 9.17) is 15.0 Å². The molecule has 8 heavy (non-hydrogen) atoms. The van der Waals surface area contributed by atoms with Gasteiger partial charge < -0.3 is 15.9 Å². The van der Waals surface area contributed by atoms with Gasteiger partial charge in [-0.1, -0.05) is 0 Å². The summed E-state index contributed by atoms with van der Waals surface area (Å²) in [5, 5.41) is 13.9. The topological polar surface area (TPSA) is 57.5 Å². The molecule has 0 atom stereocenters. The third-order valence-electron chi connectivity index (χ3n) is 0. The Balaban J connectivity index is -0.00000000161. The number of rotatable bonds is 0. The Labute approximate surface area is 125 Å². The zero-order valence-electron chi connectivity index (χ0n) is 8.03. The van der Waals surface area contributed by atoms with Crippen molar-refractivity contribution < 1.29 is 20.7 Å². The average molecular weight is 219 g/mol. The Morgan fingerprint density at radius 2 is 1.12 bits per heavy atom. The second-order valence-electron chi connectivity index (χ2n) is 0.283. The number of hydrogen-bond donors (Lipinski definition) is 2. The Kier molecular flexibility index (Phi) is 89.8. The second kappa shape index (κ2) is 22.8. The largest absolute Gasteiger partial charge is 2.00 e. The predicted octanol–water partition coefficient (Wildman–Crippen LogP) is 0.754. The minimum absolute atomic E-state index is 0. The first-order chi connectivity index (χ1) is 1.73. The van der Waals surface area contributed by atoms with Crippen LogP contribution in [0.1, 0.15) is 5.71 Å². The van der Waals surface area contributed by atoms with Crippen LogP contribution in [0.5, 0.6) is 0 Å². The first kappa shape index (κ1) is 31.6. The van der Waals surface area contributed by atoms with Crippen LogP contribution in [0, 0.1) is 0 Å². The molecule has 0 aliphatic rings. The van der Waals surface area contributed by atoms with Crippen LogP contribution in [-0.2, 0) is 0 Å². The van der Waals surface area contributed by atoms with Crippen LogP contribution in [0.15, 0.2) is 0 Å². The van der Waals surface area contributed by atoms with E-state index in [2.05, 4.69) is 0 Å². The smallest absolute Gasteiger partial charge is 1.00 e. The fraction of sp³-hybridized carbons (Fsp3) is 0. The van der Waals surface area contributed by atoms with E-state index in [-0.39, 0.29) is 106 Å². The van der Waals surface area contributed by atoms with Gasteiger partial charge in [-0.25, -0.2) is 4.79 Å². The summed E-state index contributed by atoms with van der Waals surface area (Å²) in [6, 6.07) is 0. The first-order valence-corrected chi connectivity index (χ1v) is 0.651. The average Bonchev–Trinajstić information content (AvgIpc) is 0.811. The van der Waals surface area contributed by atoms with Gasteiger partial charge in [-0.2, -0.15) is 0 Å². The molecular weight excluding hydrogens is 211 g/mol. The molecule has 2 N–H and O–H groups in total. The van der Waals surface area contributed by atoms with Gasteiger partial charge in [-0.15, -0.1) is 24.8 Å². The van der Waals surface area contributed by atoms with Crippen molar-refractivity contribution in [2.75, 3.05) is 0 Å². The van der Waals surface area contributed by atoms with Crippen molar-refractivity contribution in [1.82, 2.24) is 0 Å². The molecule has 0 aromatic carbocycles. The van der Waals surface area contributed by atoms with Gasteiger partial charge in [0.05, 0.1) is 0 Å². The SMILES string of the molecule is Cl.Cl.O=C(O)O.[Ca+2].[Ca+2].[H-].[H-].[H-].[H-]. The summed E-state index contributed by atoms with van der Waals surface area (Å²) in [7, 11) is 0. The van der Waals surface area contributed by atoms with E-state index < -0.39 is 6.16 Å². The van der Waals surface area contributed by atoms with E-state index in [1.54, 1.807) is 0 Å². The van der Waals surface area contributed by atoms with Crippen molar-refractivity contribution in [2.24, 2.45) is 0 Å². The Morgan fingerprint density at radius 1 is 1.12 bits per heavy atom. The van der Waals surface area contributed by atoms with E-state index >= 15 is 0 Å². The summed E-state index contributed by atoms with van der Waals surface area (Å²) in [4.78, 5) is 8.56. The summed E-state index contributed by atoms with van der Waals surface area (Å²) < 4.78 is 0. The van der Waals surface area contributed by atoms with E-state index in [0.29, 0.717) is 0 Å². The minimum atomic E-state index is -1.83. The third-order valence-corrected chi connectivity index (χ3v) is 0. The van der Waals surface area contributed by atoms with E-state index in [1.165, 1.54) is 0 Å². The molecule has 48 valence electrons. The molecule has 0 spiro atoms. The molecule has 0 aromatic rings. The molecule has 0 saturated carbocycles. The number of carbonyl (C=O) groups is 1. The van der Waals surface area contributed by atoms with Crippen molar-refractivity contribution >= 4 is 106 Å². The van der Waals surface area contributed by atoms with Gasteiger partial charge in [0.15, 0.2) is 0 Å². The molecule has 0 aliphatic carbocycles. The monoisotopic (exact) mass is 218 g/mol. The van der Waals surface area contributed by atoms with E-state index in [0.717, 1.165) is 0 Å². The van der Waals surface area contributed by atoms with Gasteiger partial charge in [0.1, 0.15) is 0 Å². The van der Waals surface area contributed by atoms with Gasteiger partial charge in [-0.05, 0) is 0 Å². The number of carboxylic acid groups (broad SMARTS) is 2. The molecule has 0 aromatic heterocycles. The molecule has 0 radical (unpaired) electrons. The van der Waals surface area contributed by atoms with Crippen molar-refractivity contribution in [3.05, 3.63) is 0 Å². The van der Waals surface area contributed by atoms with Gasteiger partial charge in [0.2, 0.25) is 0 Å². The number of halogens is 2. The van der Waals surface area contributed by atoms with E-state index in [1.807, 2.05) is 0 Å². The standard InChI is InChI=1S/CH2O3.2Ca.2ClH.4H/c2-1(3)4;;;;;;;;/h(H2,2,3,4);;;2*1H;;;;/q;2*+2;;;4*-1. The van der Waals surface area contributed by atoms with Crippen LogP contribution in [0.4, 0.5) is 4.79 Å². The van der Waals surface area contributed by atoms with Gasteiger partial charge in [0.25, 0.3) is 0 Å². The van der Waals surface area contributed by atoms with Gasteiger partial charge >= 0.3 is 81.6 Å². The Hall–Kier alpha value is 2.37. The van der Waals surface area contributed by atoms with Crippen LogP contribution >= 0.6 is 24.8 Å². The quantitative estimate of drug-likeness (QED) is 0.591. The molecule has 0 bridgehead atoms. The summed E-state index contributed by atoms with van der Waals surface area (Å²) in [5.74, 6) is 0. The zero-order chi connectivity index (χ0) is 3.58. The molecule has 0 unspecified atom stereocenters. The van der Waals surface area contributed by atoms with E-state index in [9.17, 15) is 0 Å². The third kappa shape index (κ3) is 81.0. The summed E-state index contributed by atoms with van der Waals surface area (Å²) >= 11 is 0. The fourth-order valence-corrected chi connectivity index (χ4v) is 0. The summed E-state index contributed by atoms with van der Waals surface area (Å²) in [6.07, 6.45) is -1.83. The molecule has 7 heteroatoms. The molecular formula is CH8Ca2Cl2O3. The van der Waals surface area contributed by atoms with Gasteiger partial charge in [0, 0.05) is 0 Å². The molecule has 0 saturated heterocycles. The maximum absolute atomic E-state index is 8.56. The van der Waals surface area contributed by atoms with Gasteiger partial charge in [-0.3, -0.25) is 0 Å².